The molecule has 0 bridgehead atoms. The van der Waals surface area contributed by atoms with Gasteiger partial charge in [-0.3, -0.25) is 4.79 Å². The Morgan fingerprint density at radius 2 is 2.12 bits per heavy atom. The first-order valence-corrected chi connectivity index (χ1v) is 9.29. The average molecular weight is 355 g/mol. The summed E-state index contributed by atoms with van der Waals surface area (Å²) in [5, 5.41) is 14.8. The second-order valence-electron chi connectivity index (χ2n) is 6.45. The van der Waals surface area contributed by atoms with Gasteiger partial charge < -0.3 is 10.1 Å². The van der Waals surface area contributed by atoms with E-state index in [1.165, 1.54) is 11.3 Å². The topological polar surface area (TPSA) is 75.0 Å². The SMILES string of the molecule is COc1ccc(C)cc1-c1csc(NC(=O)C2(C#N)CCCCC2)n1. The summed E-state index contributed by atoms with van der Waals surface area (Å²) in [6.45, 7) is 2.01. The first-order valence-electron chi connectivity index (χ1n) is 8.41. The van der Waals surface area contributed by atoms with Crippen molar-refractivity contribution >= 4 is 22.4 Å². The molecule has 25 heavy (non-hydrogen) atoms. The van der Waals surface area contributed by atoms with Gasteiger partial charge in [0.05, 0.1) is 18.9 Å². The average Bonchev–Trinajstić information content (AvgIpc) is 3.10. The van der Waals surface area contributed by atoms with E-state index < -0.39 is 5.41 Å². The standard InChI is InChI=1S/C19H21N3O2S/c1-13-6-7-16(24-2)14(10-13)15-11-25-18(21-15)22-17(23)19(12-20)8-4-3-5-9-19/h6-7,10-11H,3-5,8-9H2,1-2H3,(H,21,22,23). The van der Waals surface area contributed by atoms with E-state index in [9.17, 15) is 10.1 Å². The molecule has 1 aliphatic rings. The van der Waals surface area contributed by atoms with Crippen LogP contribution in [0.1, 0.15) is 37.7 Å². The molecule has 6 heteroatoms. The van der Waals surface area contributed by atoms with Crippen LogP contribution in [0.2, 0.25) is 0 Å². The van der Waals surface area contributed by atoms with Gasteiger partial charge in [-0.15, -0.1) is 11.3 Å². The van der Waals surface area contributed by atoms with E-state index in [0.29, 0.717) is 18.0 Å². The minimum absolute atomic E-state index is 0.230. The number of nitriles is 1. The molecule has 0 aliphatic heterocycles. The molecule has 1 N–H and O–H groups in total. The highest BCUT2D eigenvalue weighted by Gasteiger charge is 2.40. The van der Waals surface area contributed by atoms with Crippen molar-refractivity contribution in [3.05, 3.63) is 29.1 Å². The van der Waals surface area contributed by atoms with E-state index in [-0.39, 0.29) is 5.91 Å². The first-order chi connectivity index (χ1) is 12.1. The maximum Gasteiger partial charge on any atom is 0.246 e. The number of anilines is 1. The Bertz CT molecular complexity index is 816. The number of aromatic nitrogens is 1. The molecule has 1 aromatic heterocycles. The molecular weight excluding hydrogens is 334 g/mol. The molecule has 0 radical (unpaired) electrons. The van der Waals surface area contributed by atoms with Crippen LogP contribution in [0.5, 0.6) is 5.75 Å². The van der Waals surface area contributed by atoms with Gasteiger partial charge in [-0.05, 0) is 31.9 Å². The molecule has 1 heterocycles. The number of aryl methyl sites for hydroxylation is 1. The lowest BCUT2D eigenvalue weighted by Crippen LogP contribution is -2.36. The Labute approximate surface area is 151 Å². The normalized spacial score (nSPS) is 16.0. The van der Waals surface area contributed by atoms with Crippen molar-refractivity contribution in [2.45, 2.75) is 39.0 Å². The van der Waals surface area contributed by atoms with Crippen molar-refractivity contribution in [2.24, 2.45) is 5.41 Å². The summed E-state index contributed by atoms with van der Waals surface area (Å²) in [5.74, 6) is 0.515. The lowest BCUT2D eigenvalue weighted by molar-refractivity contribution is -0.124. The molecular formula is C19H21N3O2S. The van der Waals surface area contributed by atoms with E-state index in [2.05, 4.69) is 16.4 Å². The molecule has 1 amide bonds. The molecule has 1 aromatic carbocycles. The zero-order chi connectivity index (χ0) is 17.9. The van der Waals surface area contributed by atoms with Crippen LogP contribution in [-0.2, 0) is 4.79 Å². The summed E-state index contributed by atoms with van der Waals surface area (Å²) in [4.78, 5) is 17.2. The summed E-state index contributed by atoms with van der Waals surface area (Å²) in [7, 11) is 1.63. The van der Waals surface area contributed by atoms with E-state index in [1.54, 1.807) is 7.11 Å². The summed E-state index contributed by atoms with van der Waals surface area (Å²) >= 11 is 1.36. The number of rotatable bonds is 4. The number of ether oxygens (including phenoxy) is 1. The highest BCUT2D eigenvalue weighted by Crippen LogP contribution is 2.38. The Morgan fingerprint density at radius 3 is 2.80 bits per heavy atom. The third-order valence-electron chi connectivity index (χ3n) is 4.71. The number of hydrogen-bond acceptors (Lipinski definition) is 5. The molecule has 130 valence electrons. The zero-order valence-corrected chi connectivity index (χ0v) is 15.3. The molecule has 0 saturated heterocycles. The van der Waals surface area contributed by atoms with Crippen LogP contribution in [0.15, 0.2) is 23.6 Å². The van der Waals surface area contributed by atoms with Gasteiger partial charge in [0.25, 0.3) is 0 Å². The number of hydrogen-bond donors (Lipinski definition) is 1. The van der Waals surface area contributed by atoms with Gasteiger partial charge in [0.15, 0.2) is 5.13 Å². The largest absolute Gasteiger partial charge is 0.496 e. The number of methoxy groups -OCH3 is 1. The van der Waals surface area contributed by atoms with E-state index >= 15 is 0 Å². The van der Waals surface area contributed by atoms with Crippen molar-refractivity contribution < 1.29 is 9.53 Å². The number of carbonyl (C=O) groups is 1. The zero-order valence-electron chi connectivity index (χ0n) is 14.5. The number of thiazole rings is 1. The smallest absolute Gasteiger partial charge is 0.246 e. The molecule has 2 aromatic rings. The maximum absolute atomic E-state index is 12.7. The van der Waals surface area contributed by atoms with Crippen LogP contribution in [-0.4, -0.2) is 18.0 Å². The Morgan fingerprint density at radius 1 is 1.36 bits per heavy atom. The molecule has 3 rings (SSSR count). The van der Waals surface area contributed by atoms with Crippen LogP contribution in [0.25, 0.3) is 11.3 Å². The van der Waals surface area contributed by atoms with E-state index in [1.807, 2.05) is 30.5 Å². The fourth-order valence-electron chi connectivity index (χ4n) is 3.24. The molecule has 0 unspecified atom stereocenters. The summed E-state index contributed by atoms with van der Waals surface area (Å²) in [6, 6.07) is 8.15. The lowest BCUT2D eigenvalue weighted by Gasteiger charge is -2.28. The minimum atomic E-state index is -0.912. The number of carbonyl (C=O) groups excluding carboxylic acids is 1. The van der Waals surface area contributed by atoms with Crippen LogP contribution >= 0.6 is 11.3 Å². The summed E-state index contributed by atoms with van der Waals surface area (Å²) in [5.41, 5.74) is 1.85. The Hall–Kier alpha value is -2.39. The van der Waals surface area contributed by atoms with Crippen molar-refractivity contribution in [3.63, 3.8) is 0 Å². The highest BCUT2D eigenvalue weighted by molar-refractivity contribution is 7.14. The van der Waals surface area contributed by atoms with Gasteiger partial charge in [0.1, 0.15) is 11.2 Å². The van der Waals surface area contributed by atoms with E-state index in [0.717, 1.165) is 41.8 Å². The third-order valence-corrected chi connectivity index (χ3v) is 5.47. The number of amides is 1. The summed E-state index contributed by atoms with van der Waals surface area (Å²) in [6.07, 6.45) is 4.18. The van der Waals surface area contributed by atoms with Gasteiger partial charge in [-0.2, -0.15) is 5.26 Å². The van der Waals surface area contributed by atoms with Gasteiger partial charge in [-0.1, -0.05) is 30.9 Å². The van der Waals surface area contributed by atoms with Crippen molar-refractivity contribution in [1.82, 2.24) is 4.98 Å². The molecule has 5 nitrogen and oxygen atoms in total. The van der Waals surface area contributed by atoms with Crippen LogP contribution < -0.4 is 10.1 Å². The molecule has 1 fully saturated rings. The fourth-order valence-corrected chi connectivity index (χ4v) is 3.94. The van der Waals surface area contributed by atoms with Crippen LogP contribution in [0.4, 0.5) is 5.13 Å². The second kappa shape index (κ2) is 7.24. The maximum atomic E-state index is 12.7. The predicted octanol–water partition coefficient (Wildman–Crippen LogP) is 4.54. The van der Waals surface area contributed by atoms with Crippen LogP contribution in [0, 0.1) is 23.7 Å². The Kier molecular flexibility index (Phi) is 5.05. The molecule has 0 spiro atoms. The van der Waals surface area contributed by atoms with Gasteiger partial charge in [0.2, 0.25) is 5.91 Å². The van der Waals surface area contributed by atoms with E-state index in [4.69, 9.17) is 4.74 Å². The van der Waals surface area contributed by atoms with Crippen molar-refractivity contribution in [3.8, 4) is 23.1 Å². The lowest BCUT2D eigenvalue weighted by atomic mass is 9.74. The predicted molar refractivity (Wildman–Crippen MR) is 98.6 cm³/mol. The third kappa shape index (κ3) is 3.52. The van der Waals surface area contributed by atoms with Crippen molar-refractivity contribution in [2.75, 3.05) is 12.4 Å². The Balaban J connectivity index is 1.82. The van der Waals surface area contributed by atoms with Crippen molar-refractivity contribution in [1.29, 1.82) is 5.26 Å². The quantitative estimate of drug-likeness (QED) is 0.873. The molecule has 1 saturated carbocycles. The fraction of sp³-hybridized carbons (Fsp3) is 0.421. The number of nitrogens with one attached hydrogen (secondary N) is 1. The molecule has 0 atom stereocenters. The number of nitrogens with zero attached hydrogens (tertiary/aromatic N) is 2. The first kappa shape index (κ1) is 17.4. The summed E-state index contributed by atoms with van der Waals surface area (Å²) < 4.78 is 5.41. The van der Waals surface area contributed by atoms with Crippen LogP contribution in [0.3, 0.4) is 0 Å². The molecule has 1 aliphatic carbocycles. The van der Waals surface area contributed by atoms with Gasteiger partial charge in [0, 0.05) is 10.9 Å². The monoisotopic (exact) mass is 355 g/mol. The highest BCUT2D eigenvalue weighted by atomic mass is 32.1. The minimum Gasteiger partial charge on any atom is -0.496 e. The van der Waals surface area contributed by atoms with Gasteiger partial charge in [-0.25, -0.2) is 4.98 Å². The van der Waals surface area contributed by atoms with Gasteiger partial charge >= 0.3 is 0 Å². The second-order valence-corrected chi connectivity index (χ2v) is 7.31. The number of benzene rings is 1.